The fourth-order valence-electron chi connectivity index (χ4n) is 2.58. The van der Waals surface area contributed by atoms with Gasteiger partial charge in [0.1, 0.15) is 5.82 Å². The first-order chi connectivity index (χ1) is 11.6. The van der Waals surface area contributed by atoms with Gasteiger partial charge in [0.2, 0.25) is 0 Å². The number of carbonyl (C=O) groups excluding carboxylic acids is 1. The van der Waals surface area contributed by atoms with E-state index < -0.39 is 0 Å². The van der Waals surface area contributed by atoms with Crippen molar-refractivity contribution in [3.63, 3.8) is 0 Å². The highest BCUT2D eigenvalue weighted by Gasteiger charge is 2.16. The second-order valence-electron chi connectivity index (χ2n) is 5.84. The second kappa shape index (κ2) is 6.74. The number of urea groups is 1. The fraction of sp³-hybridized carbons (Fsp3) is 0.211. The molecule has 5 heteroatoms. The summed E-state index contributed by atoms with van der Waals surface area (Å²) in [6, 6.07) is 13.8. The monoisotopic (exact) mass is 325 g/mol. The predicted molar refractivity (Wildman–Crippen MR) is 95.6 cm³/mol. The minimum absolute atomic E-state index is 0.0875. The quantitative estimate of drug-likeness (QED) is 0.628. The summed E-state index contributed by atoms with van der Waals surface area (Å²) in [4.78, 5) is 15.6. The largest absolute Gasteiger partial charge is 0.353 e. The molecule has 2 aromatic carbocycles. The van der Waals surface area contributed by atoms with Gasteiger partial charge in [0.05, 0.1) is 11.4 Å². The van der Waals surface area contributed by atoms with Gasteiger partial charge >= 0.3 is 6.03 Å². The zero-order valence-electron chi connectivity index (χ0n) is 13.7. The molecule has 0 spiro atoms. The molecule has 1 heterocycles. The molecule has 0 aliphatic heterocycles. The smallest absolute Gasteiger partial charge is 0.319 e. The fourth-order valence-corrected chi connectivity index (χ4v) is 2.58. The molecule has 3 aromatic rings. The first-order valence-electron chi connectivity index (χ1n) is 8.02. The number of aromatic nitrogens is 1. The molecular weight excluding hydrogens is 305 g/mol. The number of amides is 2. The van der Waals surface area contributed by atoms with Crippen molar-refractivity contribution in [3.8, 4) is 11.3 Å². The Bertz CT molecular complexity index is 855. The van der Waals surface area contributed by atoms with Gasteiger partial charge in [-0.3, -0.25) is 0 Å². The molecule has 0 saturated heterocycles. The molecule has 0 aliphatic rings. The minimum atomic E-state index is -0.293. The van der Waals surface area contributed by atoms with E-state index in [0.29, 0.717) is 5.69 Å². The van der Waals surface area contributed by atoms with Gasteiger partial charge in [-0.2, -0.15) is 0 Å². The summed E-state index contributed by atoms with van der Waals surface area (Å²) in [5.41, 5.74) is 3.18. The maximum absolute atomic E-state index is 13.2. The van der Waals surface area contributed by atoms with Crippen LogP contribution in [-0.2, 0) is 0 Å². The Hall–Kier alpha value is -2.82. The molecule has 0 fully saturated rings. The van der Waals surface area contributed by atoms with Crippen LogP contribution < -0.4 is 10.6 Å². The maximum Gasteiger partial charge on any atom is 0.319 e. The maximum atomic E-state index is 13.2. The van der Waals surface area contributed by atoms with Gasteiger partial charge in [-0.1, -0.05) is 25.1 Å². The van der Waals surface area contributed by atoms with Crippen LogP contribution in [0.3, 0.4) is 0 Å². The number of rotatable bonds is 4. The molecule has 124 valence electrons. The highest BCUT2D eigenvalue weighted by Crippen LogP contribution is 2.34. The Morgan fingerprint density at radius 3 is 2.58 bits per heavy atom. The number of carbonyl (C=O) groups is 1. The highest BCUT2D eigenvalue weighted by atomic mass is 19.1. The Morgan fingerprint density at radius 2 is 1.88 bits per heavy atom. The van der Waals surface area contributed by atoms with Crippen LogP contribution in [0.1, 0.15) is 20.3 Å². The molecule has 0 saturated carbocycles. The van der Waals surface area contributed by atoms with E-state index in [-0.39, 0.29) is 17.9 Å². The molecule has 24 heavy (non-hydrogen) atoms. The molecule has 2 amide bonds. The highest BCUT2D eigenvalue weighted by molar-refractivity contribution is 6.07. The average molecular weight is 325 g/mol. The van der Waals surface area contributed by atoms with Crippen LogP contribution in [0.15, 0.2) is 48.5 Å². The van der Waals surface area contributed by atoms with Gasteiger partial charge in [-0.25, -0.2) is 9.18 Å². The van der Waals surface area contributed by atoms with Crippen LogP contribution in [-0.4, -0.2) is 17.1 Å². The molecule has 1 atom stereocenters. The number of halogens is 1. The lowest BCUT2D eigenvalue weighted by Gasteiger charge is -2.13. The average Bonchev–Trinajstić information content (AvgIpc) is 2.94. The van der Waals surface area contributed by atoms with E-state index in [2.05, 4.69) is 15.6 Å². The van der Waals surface area contributed by atoms with Gasteiger partial charge < -0.3 is 15.6 Å². The molecule has 4 nitrogen and oxygen atoms in total. The number of hydrogen-bond acceptors (Lipinski definition) is 1. The Balaban J connectivity index is 2.02. The summed E-state index contributed by atoms with van der Waals surface area (Å²) < 4.78 is 13.2. The summed E-state index contributed by atoms with van der Waals surface area (Å²) in [5, 5.41) is 6.75. The SMILES string of the molecule is CC[C@@H](C)NC(=O)Nc1c(-c2ccc(F)cc2)[nH]c2ccccc12. The molecule has 0 radical (unpaired) electrons. The van der Waals surface area contributed by atoms with Gasteiger partial charge in [-0.15, -0.1) is 0 Å². The zero-order valence-corrected chi connectivity index (χ0v) is 13.7. The van der Waals surface area contributed by atoms with Crippen molar-refractivity contribution >= 4 is 22.6 Å². The van der Waals surface area contributed by atoms with E-state index >= 15 is 0 Å². The summed E-state index contributed by atoms with van der Waals surface area (Å²) in [6.45, 7) is 3.97. The molecule has 0 aliphatic carbocycles. The van der Waals surface area contributed by atoms with E-state index in [1.165, 1.54) is 12.1 Å². The third-order valence-electron chi connectivity index (χ3n) is 4.07. The lowest BCUT2D eigenvalue weighted by molar-refractivity contribution is 0.249. The Morgan fingerprint density at radius 1 is 1.17 bits per heavy atom. The van der Waals surface area contributed by atoms with Gasteiger partial charge in [0, 0.05) is 22.5 Å². The molecular formula is C19H20FN3O. The third-order valence-corrected chi connectivity index (χ3v) is 4.07. The Kier molecular flexibility index (Phi) is 4.51. The standard InChI is InChI=1S/C19H20FN3O/c1-3-12(2)21-19(24)23-18-15-6-4-5-7-16(15)22-17(18)13-8-10-14(20)11-9-13/h4-12,22H,3H2,1-2H3,(H2,21,23,24)/t12-/m1/s1. The number of fused-ring (bicyclic) bond motifs is 1. The van der Waals surface area contributed by atoms with Crippen molar-refractivity contribution in [1.82, 2.24) is 10.3 Å². The first-order valence-corrected chi connectivity index (χ1v) is 8.02. The van der Waals surface area contributed by atoms with Crippen molar-refractivity contribution in [2.75, 3.05) is 5.32 Å². The summed E-state index contributed by atoms with van der Waals surface area (Å²) in [6.07, 6.45) is 0.853. The Labute approximate surface area is 140 Å². The van der Waals surface area contributed by atoms with Gasteiger partial charge in [0.15, 0.2) is 0 Å². The lowest BCUT2D eigenvalue weighted by Crippen LogP contribution is -2.35. The number of anilines is 1. The van der Waals surface area contributed by atoms with Crippen LogP contribution in [0.4, 0.5) is 14.9 Å². The van der Waals surface area contributed by atoms with E-state index in [9.17, 15) is 9.18 Å². The number of hydrogen-bond donors (Lipinski definition) is 3. The van der Waals surface area contributed by atoms with E-state index in [0.717, 1.165) is 28.6 Å². The number of para-hydroxylation sites is 1. The third kappa shape index (κ3) is 3.25. The number of nitrogens with one attached hydrogen (secondary N) is 3. The van der Waals surface area contributed by atoms with Crippen LogP contribution in [0.2, 0.25) is 0 Å². The zero-order chi connectivity index (χ0) is 17.1. The molecule has 3 N–H and O–H groups in total. The van der Waals surface area contributed by atoms with Crippen molar-refractivity contribution in [2.45, 2.75) is 26.3 Å². The number of aromatic amines is 1. The number of H-pyrrole nitrogens is 1. The molecule has 0 bridgehead atoms. The summed E-state index contributed by atoms with van der Waals surface area (Å²) >= 11 is 0. The van der Waals surface area contributed by atoms with Crippen molar-refractivity contribution in [1.29, 1.82) is 0 Å². The van der Waals surface area contributed by atoms with Crippen molar-refractivity contribution in [2.24, 2.45) is 0 Å². The van der Waals surface area contributed by atoms with Gasteiger partial charge in [0.25, 0.3) is 0 Å². The summed E-state index contributed by atoms with van der Waals surface area (Å²) in [7, 11) is 0. The topological polar surface area (TPSA) is 56.9 Å². The molecule has 3 rings (SSSR count). The lowest BCUT2D eigenvalue weighted by atomic mass is 10.1. The second-order valence-corrected chi connectivity index (χ2v) is 5.84. The van der Waals surface area contributed by atoms with Crippen molar-refractivity contribution in [3.05, 3.63) is 54.3 Å². The van der Waals surface area contributed by atoms with Gasteiger partial charge in [-0.05, 0) is 43.7 Å². The molecule has 1 aromatic heterocycles. The van der Waals surface area contributed by atoms with Crippen LogP contribution in [0.5, 0.6) is 0 Å². The van der Waals surface area contributed by atoms with Crippen LogP contribution >= 0.6 is 0 Å². The van der Waals surface area contributed by atoms with Crippen LogP contribution in [0, 0.1) is 5.82 Å². The molecule has 0 unspecified atom stereocenters. The normalized spacial score (nSPS) is 12.1. The predicted octanol–water partition coefficient (Wildman–Crippen LogP) is 4.89. The minimum Gasteiger partial charge on any atom is -0.353 e. The summed E-state index contributed by atoms with van der Waals surface area (Å²) in [5.74, 6) is -0.293. The number of benzene rings is 2. The van der Waals surface area contributed by atoms with E-state index in [4.69, 9.17) is 0 Å². The van der Waals surface area contributed by atoms with Crippen molar-refractivity contribution < 1.29 is 9.18 Å². The van der Waals surface area contributed by atoms with E-state index in [1.54, 1.807) is 12.1 Å². The van der Waals surface area contributed by atoms with Crippen LogP contribution in [0.25, 0.3) is 22.2 Å². The van der Waals surface area contributed by atoms with E-state index in [1.807, 2.05) is 38.1 Å². The first kappa shape index (κ1) is 16.1.